The van der Waals surface area contributed by atoms with Crippen LogP contribution in [0.2, 0.25) is 5.02 Å². The van der Waals surface area contributed by atoms with Crippen LogP contribution >= 0.6 is 55.2 Å². The molecule has 0 amide bonds. The molecule has 4 aromatic rings. The van der Waals surface area contributed by atoms with Gasteiger partial charge in [-0.1, -0.05) is 46.2 Å². The topological polar surface area (TPSA) is 60.4 Å². The third kappa shape index (κ3) is 5.14. The number of hydrogen-bond acceptors (Lipinski definition) is 5. The van der Waals surface area contributed by atoms with E-state index in [2.05, 4.69) is 41.9 Å². The van der Waals surface area contributed by atoms with Crippen LogP contribution in [0.5, 0.6) is 0 Å². The molecule has 0 aliphatic rings. The van der Waals surface area contributed by atoms with E-state index in [1.54, 1.807) is 6.07 Å². The van der Waals surface area contributed by atoms with Crippen molar-refractivity contribution in [2.75, 3.05) is 0 Å². The molecule has 0 bridgehead atoms. The molecule has 0 unspecified atom stereocenters. The van der Waals surface area contributed by atoms with Crippen molar-refractivity contribution in [1.29, 1.82) is 0 Å². The number of fused-ring (bicyclic) bond motifs is 1. The average Bonchev–Trinajstić information content (AvgIpc) is 3.09. The number of nitrogens with zero attached hydrogens (tertiary/aromatic N) is 3. The quantitative estimate of drug-likeness (QED) is 0.227. The minimum absolute atomic E-state index is 0.215. The van der Waals surface area contributed by atoms with Gasteiger partial charge in [0.05, 0.1) is 21.6 Å². The molecule has 2 aromatic heterocycles. The average molecular weight is 582 g/mol. The Hall–Kier alpha value is -1.87. The highest BCUT2D eigenvalue weighted by molar-refractivity contribution is 9.10. The van der Waals surface area contributed by atoms with E-state index in [1.165, 1.54) is 22.7 Å². The maximum atomic E-state index is 13.1. The van der Waals surface area contributed by atoms with E-state index in [0.717, 1.165) is 20.3 Å². The number of aromatic nitrogens is 2. The molecule has 0 aliphatic heterocycles. The van der Waals surface area contributed by atoms with Crippen molar-refractivity contribution in [3.8, 4) is 0 Å². The summed E-state index contributed by atoms with van der Waals surface area (Å²) in [4.78, 5) is 18.7. The van der Waals surface area contributed by atoms with Gasteiger partial charge in [-0.2, -0.15) is 9.78 Å². The van der Waals surface area contributed by atoms with Gasteiger partial charge in [0, 0.05) is 26.9 Å². The molecule has 0 radical (unpaired) electrons. The number of hydrogen-bond donors (Lipinski definition) is 0. The van der Waals surface area contributed by atoms with Crippen molar-refractivity contribution in [3.05, 3.63) is 84.4 Å². The zero-order valence-corrected chi connectivity index (χ0v) is 21.1. The van der Waals surface area contributed by atoms with Crippen LogP contribution in [0, 0.1) is 0 Å². The van der Waals surface area contributed by atoms with Gasteiger partial charge in [-0.05, 0) is 64.8 Å². The molecule has 4 rings (SSSR count). The van der Waals surface area contributed by atoms with Crippen LogP contribution in [0.15, 0.2) is 81.8 Å². The molecule has 0 saturated heterocycles. The zero-order valence-electron chi connectivity index (χ0n) is 16.3. The molecule has 2 heterocycles. The lowest BCUT2D eigenvalue weighted by molar-refractivity contribution is 0.465. The smallest absolute Gasteiger partial charge is 0.282 e. The van der Waals surface area contributed by atoms with Crippen molar-refractivity contribution < 1.29 is 4.42 Å². The molecule has 0 spiro atoms. The Labute approximate surface area is 204 Å². The van der Waals surface area contributed by atoms with Crippen molar-refractivity contribution in [3.63, 3.8) is 0 Å². The van der Waals surface area contributed by atoms with Gasteiger partial charge in [-0.3, -0.25) is 4.79 Å². The normalized spacial score (nSPS) is 11.6. The van der Waals surface area contributed by atoms with Crippen molar-refractivity contribution in [2.24, 2.45) is 5.10 Å². The summed E-state index contributed by atoms with van der Waals surface area (Å²) in [6, 6.07) is 14.8. The van der Waals surface area contributed by atoms with E-state index < -0.39 is 0 Å². The summed E-state index contributed by atoms with van der Waals surface area (Å²) in [5, 5.41) is 6.28. The molecule has 158 valence electrons. The Morgan fingerprint density at radius 2 is 1.97 bits per heavy atom. The molecule has 5 nitrogen and oxygen atoms in total. The molecule has 31 heavy (non-hydrogen) atoms. The minimum atomic E-state index is -0.215. The molecular formula is C22H16Br2ClN3O2S. The van der Waals surface area contributed by atoms with E-state index in [-0.39, 0.29) is 5.56 Å². The number of furan rings is 1. The lowest BCUT2D eigenvalue weighted by Gasteiger charge is -2.08. The van der Waals surface area contributed by atoms with Gasteiger partial charge in [0.1, 0.15) is 11.6 Å². The summed E-state index contributed by atoms with van der Waals surface area (Å²) in [5.41, 5.74) is 0.442. The van der Waals surface area contributed by atoms with Gasteiger partial charge in [0.25, 0.3) is 5.56 Å². The largest absolute Gasteiger partial charge is 0.447 e. The molecule has 0 aliphatic carbocycles. The van der Waals surface area contributed by atoms with Gasteiger partial charge in [0.2, 0.25) is 0 Å². The zero-order chi connectivity index (χ0) is 22.0. The molecule has 2 aromatic carbocycles. The lowest BCUT2D eigenvalue weighted by atomic mass is 10.2. The van der Waals surface area contributed by atoms with Gasteiger partial charge in [0.15, 0.2) is 5.09 Å². The lowest BCUT2D eigenvalue weighted by Crippen LogP contribution is -2.22. The van der Waals surface area contributed by atoms with Crippen LogP contribution in [-0.2, 0) is 6.42 Å². The SMILES string of the molecule is CCCc1nc2ccc(Br)cc2c(=O)n1N=Cc1cc(Br)c(Sc2ccc(Cl)cc2)o1. The Bertz CT molecular complexity index is 1330. The number of benzene rings is 2. The second-order valence-corrected chi connectivity index (χ2v) is 9.89. The summed E-state index contributed by atoms with van der Waals surface area (Å²) in [6.07, 6.45) is 3.01. The Morgan fingerprint density at radius 3 is 2.71 bits per heavy atom. The maximum Gasteiger partial charge on any atom is 0.282 e. The molecule has 0 fully saturated rings. The Morgan fingerprint density at radius 1 is 1.19 bits per heavy atom. The first-order chi connectivity index (χ1) is 14.9. The van der Waals surface area contributed by atoms with Crippen LogP contribution in [-0.4, -0.2) is 15.9 Å². The van der Waals surface area contributed by atoms with E-state index in [0.29, 0.717) is 39.0 Å². The van der Waals surface area contributed by atoms with Gasteiger partial charge < -0.3 is 4.42 Å². The van der Waals surface area contributed by atoms with Gasteiger partial charge in [-0.15, -0.1) is 0 Å². The van der Waals surface area contributed by atoms with E-state index in [9.17, 15) is 4.79 Å². The highest BCUT2D eigenvalue weighted by Crippen LogP contribution is 2.36. The van der Waals surface area contributed by atoms with E-state index in [1.807, 2.05) is 49.4 Å². The van der Waals surface area contributed by atoms with Crippen molar-refractivity contribution >= 4 is 72.3 Å². The van der Waals surface area contributed by atoms with Gasteiger partial charge in [-0.25, -0.2) is 4.98 Å². The Balaban J connectivity index is 1.68. The molecular weight excluding hydrogens is 566 g/mol. The second kappa shape index (κ2) is 9.73. The molecule has 0 saturated carbocycles. The van der Waals surface area contributed by atoms with Crippen molar-refractivity contribution in [1.82, 2.24) is 9.66 Å². The van der Waals surface area contributed by atoms with Crippen LogP contribution in [0.1, 0.15) is 24.9 Å². The van der Waals surface area contributed by atoms with E-state index in [4.69, 9.17) is 16.0 Å². The number of rotatable bonds is 6. The van der Waals surface area contributed by atoms with Crippen LogP contribution in [0.25, 0.3) is 10.9 Å². The Kier molecular flexibility index (Phi) is 7.01. The third-order valence-electron chi connectivity index (χ3n) is 4.35. The molecule has 9 heteroatoms. The fourth-order valence-corrected chi connectivity index (χ4v) is 4.74. The first-order valence-corrected chi connectivity index (χ1v) is 12.2. The predicted molar refractivity (Wildman–Crippen MR) is 133 cm³/mol. The highest BCUT2D eigenvalue weighted by Gasteiger charge is 2.12. The van der Waals surface area contributed by atoms with Crippen LogP contribution < -0.4 is 5.56 Å². The number of halogens is 3. The molecule has 0 atom stereocenters. The maximum absolute atomic E-state index is 13.1. The summed E-state index contributed by atoms with van der Waals surface area (Å²) < 4.78 is 8.87. The standard InChI is InChI=1S/C22H16Br2ClN3O2S/c1-2-3-20-27-19-9-4-13(23)10-17(19)21(29)28(20)26-12-15-11-18(24)22(30-15)31-16-7-5-14(25)6-8-16/h4-12H,2-3H2,1H3. The first-order valence-electron chi connectivity index (χ1n) is 9.43. The first kappa shape index (κ1) is 22.3. The number of aryl methyl sites for hydroxylation is 1. The fourth-order valence-electron chi connectivity index (χ4n) is 2.93. The van der Waals surface area contributed by atoms with Gasteiger partial charge >= 0.3 is 0 Å². The third-order valence-corrected chi connectivity index (χ3v) is 6.94. The fraction of sp³-hybridized carbons (Fsp3) is 0.136. The second-order valence-electron chi connectivity index (χ2n) is 6.64. The minimum Gasteiger partial charge on any atom is -0.447 e. The summed E-state index contributed by atoms with van der Waals surface area (Å²) >= 11 is 14.3. The predicted octanol–water partition coefficient (Wildman–Crippen LogP) is 7.15. The monoisotopic (exact) mass is 579 g/mol. The van der Waals surface area contributed by atoms with E-state index >= 15 is 0 Å². The van der Waals surface area contributed by atoms with Crippen LogP contribution in [0.3, 0.4) is 0 Å². The summed E-state index contributed by atoms with van der Waals surface area (Å²) in [5.74, 6) is 1.13. The summed E-state index contributed by atoms with van der Waals surface area (Å²) in [6.45, 7) is 2.04. The summed E-state index contributed by atoms with van der Waals surface area (Å²) in [7, 11) is 0. The van der Waals surface area contributed by atoms with Crippen molar-refractivity contribution in [2.45, 2.75) is 29.8 Å². The highest BCUT2D eigenvalue weighted by atomic mass is 79.9. The molecule has 0 N–H and O–H groups in total. The van der Waals surface area contributed by atoms with Crippen LogP contribution in [0.4, 0.5) is 0 Å².